The van der Waals surface area contributed by atoms with Crippen LogP contribution in [-0.4, -0.2) is 56.2 Å². The Labute approximate surface area is 112 Å². The maximum Gasteiger partial charge on any atom is 0.246 e. The molecule has 0 spiro atoms. The molecule has 0 aliphatic heterocycles. The minimum absolute atomic E-state index is 0.0640. The van der Waals surface area contributed by atoms with Crippen molar-refractivity contribution in [2.75, 3.05) is 33.4 Å². The summed E-state index contributed by atoms with van der Waals surface area (Å²) in [5, 5.41) is 17.8. The number of nitriles is 1. The van der Waals surface area contributed by atoms with E-state index in [2.05, 4.69) is 4.98 Å². The number of aliphatic hydroxyl groups is 1. The van der Waals surface area contributed by atoms with Crippen molar-refractivity contribution in [3.8, 4) is 6.07 Å². The van der Waals surface area contributed by atoms with Crippen LogP contribution in [0.1, 0.15) is 5.69 Å². The Kier molecular flexibility index (Phi) is 5.85. The van der Waals surface area contributed by atoms with Crippen LogP contribution in [0.3, 0.4) is 0 Å². The summed E-state index contributed by atoms with van der Waals surface area (Å²) in [4.78, 5) is 3.56. The van der Waals surface area contributed by atoms with Gasteiger partial charge in [0.15, 0.2) is 5.69 Å². The van der Waals surface area contributed by atoms with Gasteiger partial charge in [-0.25, -0.2) is 13.4 Å². The summed E-state index contributed by atoms with van der Waals surface area (Å²) in [6.07, 6.45) is 1.35. The first-order chi connectivity index (χ1) is 9.07. The highest BCUT2D eigenvalue weighted by molar-refractivity contribution is 7.89. The predicted molar refractivity (Wildman–Crippen MR) is 66.7 cm³/mol. The van der Waals surface area contributed by atoms with Crippen molar-refractivity contribution in [3.05, 3.63) is 24.0 Å². The second kappa shape index (κ2) is 7.16. The molecule has 0 amide bonds. The fourth-order valence-electron chi connectivity index (χ4n) is 1.48. The molecule has 0 saturated carbocycles. The highest BCUT2D eigenvalue weighted by atomic mass is 32.2. The zero-order valence-corrected chi connectivity index (χ0v) is 11.3. The fourth-order valence-corrected chi connectivity index (χ4v) is 2.99. The quantitative estimate of drug-likeness (QED) is 0.730. The van der Waals surface area contributed by atoms with Gasteiger partial charge in [0.25, 0.3) is 0 Å². The predicted octanol–water partition coefficient (Wildman–Crippen LogP) is -0.417. The van der Waals surface area contributed by atoms with E-state index in [9.17, 15) is 8.42 Å². The van der Waals surface area contributed by atoms with E-state index in [1.807, 2.05) is 0 Å². The van der Waals surface area contributed by atoms with Crippen molar-refractivity contribution in [1.29, 1.82) is 5.26 Å². The average molecular weight is 285 g/mol. The fraction of sp³-hybridized carbons (Fsp3) is 0.455. The van der Waals surface area contributed by atoms with E-state index < -0.39 is 10.0 Å². The molecule has 1 N–H and O–H groups in total. The van der Waals surface area contributed by atoms with Crippen LogP contribution in [0.5, 0.6) is 0 Å². The monoisotopic (exact) mass is 285 g/mol. The number of rotatable bonds is 7. The average Bonchev–Trinajstić information content (AvgIpc) is 2.43. The highest BCUT2D eigenvalue weighted by Crippen LogP contribution is 2.17. The van der Waals surface area contributed by atoms with Crippen molar-refractivity contribution in [3.63, 3.8) is 0 Å². The lowest BCUT2D eigenvalue weighted by molar-refractivity contribution is 0.168. The number of nitrogens with zero attached hydrogens (tertiary/aromatic N) is 3. The molecule has 0 bridgehead atoms. The highest BCUT2D eigenvalue weighted by Gasteiger charge is 2.26. The van der Waals surface area contributed by atoms with Crippen molar-refractivity contribution >= 4 is 10.0 Å². The van der Waals surface area contributed by atoms with E-state index in [1.54, 1.807) is 6.07 Å². The lowest BCUT2D eigenvalue weighted by Crippen LogP contribution is -2.36. The first-order valence-electron chi connectivity index (χ1n) is 5.53. The first kappa shape index (κ1) is 15.5. The van der Waals surface area contributed by atoms with Gasteiger partial charge in [0.2, 0.25) is 10.0 Å². The number of aromatic nitrogens is 1. The minimum atomic E-state index is -3.87. The molecular weight excluding hydrogens is 270 g/mol. The van der Waals surface area contributed by atoms with Gasteiger partial charge in [0.1, 0.15) is 11.0 Å². The molecule has 104 valence electrons. The Hall–Kier alpha value is -1.53. The molecule has 0 atom stereocenters. The Morgan fingerprint density at radius 2 is 2.26 bits per heavy atom. The van der Waals surface area contributed by atoms with Gasteiger partial charge in [-0.2, -0.15) is 9.57 Å². The van der Waals surface area contributed by atoms with Crippen LogP contribution in [0, 0.1) is 11.3 Å². The van der Waals surface area contributed by atoms with Crippen LogP contribution < -0.4 is 0 Å². The van der Waals surface area contributed by atoms with Crippen LogP contribution in [0.2, 0.25) is 0 Å². The van der Waals surface area contributed by atoms with Crippen molar-refractivity contribution in [1.82, 2.24) is 9.29 Å². The molecule has 0 aliphatic carbocycles. The van der Waals surface area contributed by atoms with Crippen LogP contribution >= 0.6 is 0 Å². The molecule has 1 rings (SSSR count). The largest absolute Gasteiger partial charge is 0.395 e. The number of sulfonamides is 1. The maximum atomic E-state index is 12.4. The summed E-state index contributed by atoms with van der Waals surface area (Å²) < 4.78 is 30.7. The SMILES string of the molecule is COCCN(CCO)S(=O)(=O)c1cccnc1C#N. The number of hydrogen-bond donors (Lipinski definition) is 1. The van der Waals surface area contributed by atoms with Gasteiger partial charge in [-0.05, 0) is 12.1 Å². The summed E-state index contributed by atoms with van der Waals surface area (Å²) in [6, 6.07) is 4.51. The van der Waals surface area contributed by atoms with Crippen LogP contribution in [-0.2, 0) is 14.8 Å². The van der Waals surface area contributed by atoms with Crippen molar-refractivity contribution in [2.24, 2.45) is 0 Å². The summed E-state index contributed by atoms with van der Waals surface area (Å²) >= 11 is 0. The summed E-state index contributed by atoms with van der Waals surface area (Å²) in [5.74, 6) is 0. The standard InChI is InChI=1S/C11H15N3O4S/c1-18-8-6-14(5-7-15)19(16,17)11-3-2-4-13-10(11)9-12/h2-4,15H,5-8H2,1H3. The smallest absolute Gasteiger partial charge is 0.246 e. The Balaban J connectivity index is 3.15. The lowest BCUT2D eigenvalue weighted by atomic mass is 10.4. The third kappa shape index (κ3) is 3.71. The Morgan fingerprint density at radius 1 is 1.53 bits per heavy atom. The van der Waals surface area contributed by atoms with E-state index in [4.69, 9.17) is 15.1 Å². The first-order valence-corrected chi connectivity index (χ1v) is 6.97. The lowest BCUT2D eigenvalue weighted by Gasteiger charge is -2.21. The Bertz CT molecular complexity index is 553. The minimum Gasteiger partial charge on any atom is -0.395 e. The molecular formula is C11H15N3O4S. The maximum absolute atomic E-state index is 12.4. The van der Waals surface area contributed by atoms with Gasteiger partial charge >= 0.3 is 0 Å². The molecule has 7 nitrogen and oxygen atoms in total. The van der Waals surface area contributed by atoms with Gasteiger partial charge in [-0.3, -0.25) is 0 Å². The summed E-state index contributed by atoms with van der Waals surface area (Å²) in [5.41, 5.74) is -0.164. The molecule has 1 aromatic rings. The number of pyridine rings is 1. The van der Waals surface area contributed by atoms with E-state index in [1.165, 1.54) is 25.4 Å². The molecule has 0 fully saturated rings. The molecule has 0 aliphatic rings. The van der Waals surface area contributed by atoms with Crippen LogP contribution in [0.25, 0.3) is 0 Å². The zero-order chi connectivity index (χ0) is 14.3. The van der Waals surface area contributed by atoms with E-state index in [0.29, 0.717) is 0 Å². The van der Waals surface area contributed by atoms with Crippen molar-refractivity contribution in [2.45, 2.75) is 4.90 Å². The molecule has 0 saturated heterocycles. The van der Waals surface area contributed by atoms with Gasteiger partial charge in [-0.1, -0.05) is 0 Å². The molecule has 8 heteroatoms. The van der Waals surface area contributed by atoms with E-state index in [-0.39, 0.29) is 36.9 Å². The van der Waals surface area contributed by atoms with Gasteiger partial charge < -0.3 is 9.84 Å². The number of aliphatic hydroxyl groups excluding tert-OH is 1. The van der Waals surface area contributed by atoms with E-state index >= 15 is 0 Å². The van der Waals surface area contributed by atoms with Crippen LogP contribution in [0.4, 0.5) is 0 Å². The summed E-state index contributed by atoms with van der Waals surface area (Å²) in [7, 11) is -2.42. The summed E-state index contributed by atoms with van der Waals surface area (Å²) in [6.45, 7) is -0.0862. The molecule has 1 aromatic heterocycles. The molecule has 0 unspecified atom stereocenters. The molecule has 0 radical (unpaired) electrons. The molecule has 1 heterocycles. The number of methoxy groups -OCH3 is 1. The third-order valence-electron chi connectivity index (χ3n) is 2.39. The van der Waals surface area contributed by atoms with E-state index in [0.717, 1.165) is 4.31 Å². The second-order valence-corrected chi connectivity index (χ2v) is 5.49. The molecule has 0 aromatic carbocycles. The van der Waals surface area contributed by atoms with Crippen LogP contribution in [0.15, 0.2) is 23.2 Å². The van der Waals surface area contributed by atoms with Gasteiger partial charge in [-0.15, -0.1) is 0 Å². The normalized spacial score (nSPS) is 11.5. The third-order valence-corrected chi connectivity index (χ3v) is 4.32. The number of ether oxygens (including phenoxy) is 1. The molecule has 19 heavy (non-hydrogen) atoms. The Morgan fingerprint density at radius 3 is 2.84 bits per heavy atom. The topological polar surface area (TPSA) is 104 Å². The van der Waals surface area contributed by atoms with Crippen molar-refractivity contribution < 1.29 is 18.3 Å². The van der Waals surface area contributed by atoms with Gasteiger partial charge in [0, 0.05) is 26.4 Å². The number of hydrogen-bond acceptors (Lipinski definition) is 6. The second-order valence-electron chi connectivity index (χ2n) is 3.58. The van der Waals surface area contributed by atoms with Gasteiger partial charge in [0.05, 0.1) is 13.2 Å². The zero-order valence-electron chi connectivity index (χ0n) is 10.5.